The molecular weight excluding hydrogens is 288 g/mol. The molecule has 0 heterocycles. The van der Waals surface area contributed by atoms with Crippen LogP contribution < -0.4 is 0 Å². The number of ether oxygens (including phenoxy) is 1. The first-order valence-corrected chi connectivity index (χ1v) is 5.80. The van der Waals surface area contributed by atoms with Gasteiger partial charge in [-0.25, -0.2) is 4.79 Å². The van der Waals surface area contributed by atoms with E-state index in [4.69, 9.17) is 0 Å². The molecule has 0 spiro atoms. The second-order valence-corrected chi connectivity index (χ2v) is 4.72. The molecule has 1 rings (SSSR count). The van der Waals surface area contributed by atoms with Gasteiger partial charge < -0.3 is 4.74 Å². The highest BCUT2D eigenvalue weighted by molar-refractivity contribution is 9.10. The lowest BCUT2D eigenvalue weighted by molar-refractivity contribution is -0.135. The van der Waals surface area contributed by atoms with Crippen molar-refractivity contribution < 1.29 is 19.1 Å². The van der Waals surface area contributed by atoms with Gasteiger partial charge in [0.2, 0.25) is 0 Å². The van der Waals surface area contributed by atoms with Crippen molar-refractivity contribution in [3.63, 3.8) is 0 Å². The highest BCUT2D eigenvalue weighted by atomic mass is 79.9. The van der Waals surface area contributed by atoms with Crippen LogP contribution in [-0.2, 0) is 9.53 Å². The fourth-order valence-electron chi connectivity index (χ4n) is 1.31. The second kappa shape index (κ2) is 5.72. The van der Waals surface area contributed by atoms with Crippen molar-refractivity contribution in [1.29, 1.82) is 0 Å². The minimum Gasteiger partial charge on any atom is -0.463 e. The number of carbonyl (C=O) groups excluding carboxylic acids is 3. The van der Waals surface area contributed by atoms with Gasteiger partial charge in [-0.3, -0.25) is 9.59 Å². The van der Waals surface area contributed by atoms with E-state index < -0.39 is 16.6 Å². The number of methoxy groups -OCH3 is 1. The average Bonchev–Trinajstić information content (AvgIpc) is 2.35. The smallest absolute Gasteiger partial charge is 0.379 e. The van der Waals surface area contributed by atoms with E-state index in [2.05, 4.69) is 20.7 Å². The van der Waals surface area contributed by atoms with E-state index in [1.54, 1.807) is 19.1 Å². The van der Waals surface area contributed by atoms with Crippen LogP contribution in [0.25, 0.3) is 0 Å². The van der Waals surface area contributed by atoms with E-state index >= 15 is 0 Å². The predicted molar refractivity (Wildman–Crippen MR) is 65.5 cm³/mol. The monoisotopic (exact) mass is 298 g/mol. The third-order valence-corrected chi connectivity index (χ3v) is 2.59. The Morgan fingerprint density at radius 2 is 1.71 bits per heavy atom. The maximum Gasteiger partial charge on any atom is 0.379 e. The van der Waals surface area contributed by atoms with Crippen LogP contribution in [0.15, 0.2) is 24.3 Å². The molecule has 90 valence electrons. The summed E-state index contributed by atoms with van der Waals surface area (Å²) in [6, 6.07) is 6.17. The number of hydrogen-bond acceptors (Lipinski definition) is 4. The Kier molecular flexibility index (Phi) is 4.57. The van der Waals surface area contributed by atoms with E-state index in [0.29, 0.717) is 0 Å². The number of esters is 1. The Hall–Kier alpha value is -1.49. The van der Waals surface area contributed by atoms with Crippen molar-refractivity contribution in [3.8, 4) is 0 Å². The number of halogens is 1. The molecule has 1 aromatic rings. The molecule has 0 aliphatic heterocycles. The Labute approximate surface area is 107 Å². The summed E-state index contributed by atoms with van der Waals surface area (Å²) in [5.74, 6) is -2.05. The molecule has 1 atom stereocenters. The number of hydrogen-bond donors (Lipinski definition) is 0. The van der Waals surface area contributed by atoms with Gasteiger partial charge in [-0.15, -0.1) is 0 Å². The minimum absolute atomic E-state index is 0.0654. The summed E-state index contributed by atoms with van der Waals surface area (Å²) in [5.41, 5.74) is 0.280. The average molecular weight is 299 g/mol. The first kappa shape index (κ1) is 13.6. The van der Waals surface area contributed by atoms with Gasteiger partial charge in [0.05, 0.1) is 11.9 Å². The number of Topliss-reactive ketones (excluding diaryl/α,β-unsaturated/α-hetero) is 2. The van der Waals surface area contributed by atoms with Gasteiger partial charge in [-0.2, -0.15) is 0 Å². The highest BCUT2D eigenvalue weighted by Gasteiger charge is 2.24. The number of alkyl halides is 1. The van der Waals surface area contributed by atoms with E-state index in [1.165, 1.54) is 12.1 Å². The number of rotatable bonds is 4. The van der Waals surface area contributed by atoms with Crippen molar-refractivity contribution in [3.05, 3.63) is 35.4 Å². The van der Waals surface area contributed by atoms with Gasteiger partial charge in [0.1, 0.15) is 0 Å². The SMILES string of the molecule is COC(=O)C(=O)c1ccccc1C(=O)C(C)Br. The van der Waals surface area contributed by atoms with Crippen molar-refractivity contribution in [2.75, 3.05) is 7.11 Å². The van der Waals surface area contributed by atoms with Gasteiger partial charge in [-0.05, 0) is 6.92 Å². The molecule has 17 heavy (non-hydrogen) atoms. The maximum atomic E-state index is 11.8. The molecule has 0 amide bonds. The summed E-state index contributed by atoms with van der Waals surface area (Å²) < 4.78 is 4.35. The highest BCUT2D eigenvalue weighted by Crippen LogP contribution is 2.15. The zero-order valence-corrected chi connectivity index (χ0v) is 11.0. The molecule has 0 saturated carbocycles. The largest absolute Gasteiger partial charge is 0.463 e. The summed E-state index contributed by atoms with van der Waals surface area (Å²) in [6.45, 7) is 1.65. The van der Waals surface area contributed by atoms with Crippen LogP contribution in [0, 0.1) is 0 Å². The van der Waals surface area contributed by atoms with Gasteiger partial charge >= 0.3 is 5.97 Å². The van der Waals surface area contributed by atoms with Gasteiger partial charge in [0, 0.05) is 11.1 Å². The first-order valence-electron chi connectivity index (χ1n) is 4.89. The lowest BCUT2D eigenvalue weighted by Crippen LogP contribution is -2.21. The van der Waals surface area contributed by atoms with Crippen molar-refractivity contribution >= 4 is 33.5 Å². The minimum atomic E-state index is -0.979. The fraction of sp³-hybridized carbons (Fsp3) is 0.250. The van der Waals surface area contributed by atoms with E-state index in [1.807, 2.05) is 0 Å². The van der Waals surface area contributed by atoms with Gasteiger partial charge in [0.25, 0.3) is 5.78 Å². The van der Waals surface area contributed by atoms with E-state index in [9.17, 15) is 14.4 Å². The standard InChI is InChI=1S/C12H11BrO4/c1-7(13)10(14)8-5-3-4-6-9(8)11(15)12(16)17-2/h3-7H,1-2H3. The van der Waals surface area contributed by atoms with E-state index in [-0.39, 0.29) is 16.9 Å². The van der Waals surface area contributed by atoms with E-state index in [0.717, 1.165) is 7.11 Å². The van der Waals surface area contributed by atoms with Crippen molar-refractivity contribution in [1.82, 2.24) is 0 Å². The van der Waals surface area contributed by atoms with Crippen molar-refractivity contribution in [2.24, 2.45) is 0 Å². The van der Waals surface area contributed by atoms with Crippen molar-refractivity contribution in [2.45, 2.75) is 11.8 Å². The molecule has 0 saturated heterocycles. The van der Waals surface area contributed by atoms with Crippen LogP contribution in [0.2, 0.25) is 0 Å². The lowest BCUT2D eigenvalue weighted by Gasteiger charge is -2.07. The molecule has 5 heteroatoms. The first-order chi connectivity index (χ1) is 7.99. The Morgan fingerprint density at radius 3 is 2.18 bits per heavy atom. The van der Waals surface area contributed by atoms with Crippen LogP contribution in [0.5, 0.6) is 0 Å². The summed E-state index contributed by atoms with van der Waals surface area (Å²) in [5, 5.41) is 0. The number of carbonyl (C=O) groups is 3. The van der Waals surface area contributed by atoms with Gasteiger partial charge in [0.15, 0.2) is 5.78 Å². The Balaban J connectivity index is 3.21. The molecule has 1 unspecified atom stereocenters. The zero-order valence-electron chi connectivity index (χ0n) is 9.40. The van der Waals surface area contributed by atoms with Crippen LogP contribution in [0.3, 0.4) is 0 Å². The molecule has 1 aromatic carbocycles. The topological polar surface area (TPSA) is 60.4 Å². The van der Waals surface area contributed by atoms with Crippen LogP contribution in [0.1, 0.15) is 27.6 Å². The molecular formula is C12H11BrO4. The summed E-state index contributed by atoms with van der Waals surface area (Å²) in [6.07, 6.45) is 0. The summed E-state index contributed by atoms with van der Waals surface area (Å²) in [4.78, 5) is 34.3. The Bertz CT molecular complexity index is 465. The van der Waals surface area contributed by atoms with Crippen LogP contribution >= 0.6 is 15.9 Å². The molecule has 4 nitrogen and oxygen atoms in total. The quantitative estimate of drug-likeness (QED) is 0.369. The predicted octanol–water partition coefficient (Wildman–Crippen LogP) is 2.01. The summed E-state index contributed by atoms with van der Waals surface area (Å²) in [7, 11) is 1.12. The third-order valence-electron chi connectivity index (χ3n) is 2.17. The third kappa shape index (κ3) is 3.00. The summed E-state index contributed by atoms with van der Waals surface area (Å²) >= 11 is 3.14. The molecule has 0 N–H and O–H groups in total. The van der Waals surface area contributed by atoms with Crippen LogP contribution in [-0.4, -0.2) is 29.5 Å². The normalized spacial score (nSPS) is 11.7. The molecule has 0 radical (unpaired) electrons. The maximum absolute atomic E-state index is 11.8. The second-order valence-electron chi connectivity index (χ2n) is 3.35. The number of benzene rings is 1. The zero-order chi connectivity index (χ0) is 13.0. The molecule has 0 aromatic heterocycles. The molecule has 0 aliphatic rings. The molecule has 0 fully saturated rings. The fourth-order valence-corrected chi connectivity index (χ4v) is 1.56. The van der Waals surface area contributed by atoms with Gasteiger partial charge in [-0.1, -0.05) is 40.2 Å². The Morgan fingerprint density at radius 1 is 1.18 bits per heavy atom. The number of ketones is 2. The lowest BCUT2D eigenvalue weighted by atomic mass is 9.99. The molecule has 0 aliphatic carbocycles. The molecule has 0 bridgehead atoms. The van der Waals surface area contributed by atoms with Crippen LogP contribution in [0.4, 0.5) is 0 Å².